The molecule has 0 aliphatic heterocycles. The Morgan fingerprint density at radius 3 is 2.43 bits per heavy atom. The van der Waals surface area contributed by atoms with Crippen molar-refractivity contribution in [2.75, 3.05) is 13.7 Å². The van der Waals surface area contributed by atoms with Crippen LogP contribution in [-0.2, 0) is 6.54 Å². The van der Waals surface area contributed by atoms with Gasteiger partial charge in [0, 0.05) is 13.1 Å². The van der Waals surface area contributed by atoms with Crippen LogP contribution in [0.25, 0.3) is 0 Å². The molecule has 0 unspecified atom stereocenters. The Morgan fingerprint density at radius 1 is 1.29 bits per heavy atom. The third-order valence-electron chi connectivity index (χ3n) is 3.45. The fourth-order valence-electron chi connectivity index (χ4n) is 2.22. The predicted molar refractivity (Wildman–Crippen MR) is 79.4 cm³/mol. The van der Waals surface area contributed by atoms with Gasteiger partial charge in [-0.3, -0.25) is 4.79 Å². The monoisotopic (exact) mass is 288 g/mol. The Balaban J connectivity index is 2.17. The normalized spacial score (nSPS) is 10.5. The molecule has 5 nitrogen and oxygen atoms in total. The molecule has 1 aromatic heterocycles. The number of rotatable bonds is 5. The van der Waals surface area contributed by atoms with Gasteiger partial charge in [-0.05, 0) is 38.5 Å². The molecular weight excluding hydrogens is 268 g/mol. The zero-order valence-corrected chi connectivity index (χ0v) is 12.8. The van der Waals surface area contributed by atoms with E-state index in [2.05, 4.69) is 5.16 Å². The molecule has 0 aliphatic carbocycles. The van der Waals surface area contributed by atoms with Gasteiger partial charge in [-0.1, -0.05) is 17.3 Å². The fourth-order valence-corrected chi connectivity index (χ4v) is 2.22. The highest BCUT2D eigenvalue weighted by molar-refractivity contribution is 5.96. The van der Waals surface area contributed by atoms with E-state index in [-0.39, 0.29) is 5.91 Å². The second kappa shape index (κ2) is 6.43. The molecule has 0 aliphatic rings. The standard InChI is InChI=1S/C16H20N2O3/c1-5-18(10-13-6-8-14(20-4)9-7-13)16(19)15-11(2)17-21-12(15)3/h6-9H,5,10H2,1-4H3. The van der Waals surface area contributed by atoms with Crippen LogP contribution in [0.5, 0.6) is 5.75 Å². The number of carbonyl (C=O) groups excluding carboxylic acids is 1. The highest BCUT2D eigenvalue weighted by Gasteiger charge is 2.22. The van der Waals surface area contributed by atoms with Crippen LogP contribution in [-0.4, -0.2) is 29.6 Å². The van der Waals surface area contributed by atoms with E-state index >= 15 is 0 Å². The van der Waals surface area contributed by atoms with Gasteiger partial charge in [0.15, 0.2) is 0 Å². The maximum absolute atomic E-state index is 12.6. The van der Waals surface area contributed by atoms with Crippen molar-refractivity contribution in [3.8, 4) is 5.75 Å². The Hall–Kier alpha value is -2.30. The van der Waals surface area contributed by atoms with Crippen molar-refractivity contribution >= 4 is 5.91 Å². The van der Waals surface area contributed by atoms with E-state index in [1.165, 1.54) is 0 Å². The van der Waals surface area contributed by atoms with E-state index in [1.54, 1.807) is 25.9 Å². The Bertz CT molecular complexity index is 597. The number of nitrogens with zero attached hydrogens (tertiary/aromatic N) is 2. The SMILES string of the molecule is CCN(Cc1ccc(OC)cc1)C(=O)c1c(C)noc1C. The molecule has 112 valence electrons. The molecular formula is C16H20N2O3. The summed E-state index contributed by atoms with van der Waals surface area (Å²) in [6, 6.07) is 7.71. The number of ether oxygens (including phenoxy) is 1. The van der Waals surface area contributed by atoms with Gasteiger partial charge in [-0.25, -0.2) is 0 Å². The van der Waals surface area contributed by atoms with Crippen molar-refractivity contribution in [1.29, 1.82) is 0 Å². The molecule has 0 bridgehead atoms. The average Bonchev–Trinajstić information content (AvgIpc) is 2.83. The summed E-state index contributed by atoms with van der Waals surface area (Å²) in [5.74, 6) is 1.31. The predicted octanol–water partition coefficient (Wildman–Crippen LogP) is 2.96. The van der Waals surface area contributed by atoms with Gasteiger partial charge < -0.3 is 14.2 Å². The second-order valence-electron chi connectivity index (χ2n) is 4.87. The molecule has 0 fully saturated rings. The van der Waals surface area contributed by atoms with Crippen LogP contribution in [0.3, 0.4) is 0 Å². The van der Waals surface area contributed by atoms with Crippen LogP contribution < -0.4 is 4.74 Å². The number of benzene rings is 1. The smallest absolute Gasteiger partial charge is 0.259 e. The van der Waals surface area contributed by atoms with Crippen LogP contribution in [0.1, 0.15) is 34.3 Å². The van der Waals surface area contributed by atoms with Gasteiger partial charge in [0.05, 0.1) is 12.8 Å². The topological polar surface area (TPSA) is 55.6 Å². The molecule has 1 amide bonds. The summed E-state index contributed by atoms with van der Waals surface area (Å²) in [6.45, 7) is 6.66. The second-order valence-corrected chi connectivity index (χ2v) is 4.87. The van der Waals surface area contributed by atoms with Gasteiger partial charge in [0.25, 0.3) is 5.91 Å². The lowest BCUT2D eigenvalue weighted by Gasteiger charge is -2.21. The Kier molecular flexibility index (Phi) is 4.62. The minimum atomic E-state index is -0.0513. The number of carbonyl (C=O) groups is 1. The van der Waals surface area contributed by atoms with Crippen LogP contribution >= 0.6 is 0 Å². The van der Waals surface area contributed by atoms with E-state index in [0.717, 1.165) is 11.3 Å². The molecule has 5 heteroatoms. The average molecular weight is 288 g/mol. The minimum Gasteiger partial charge on any atom is -0.497 e. The van der Waals surface area contributed by atoms with Crippen molar-refractivity contribution in [3.05, 3.63) is 46.8 Å². The number of amides is 1. The third-order valence-corrected chi connectivity index (χ3v) is 3.45. The first-order chi connectivity index (χ1) is 10.1. The lowest BCUT2D eigenvalue weighted by Crippen LogP contribution is -2.31. The first kappa shape index (κ1) is 15.1. The molecule has 2 aromatic rings. The third kappa shape index (κ3) is 3.24. The summed E-state index contributed by atoms with van der Waals surface area (Å²) < 4.78 is 10.2. The lowest BCUT2D eigenvalue weighted by atomic mass is 10.1. The van der Waals surface area contributed by atoms with E-state index in [4.69, 9.17) is 9.26 Å². The van der Waals surface area contributed by atoms with Gasteiger partial charge in [-0.15, -0.1) is 0 Å². The van der Waals surface area contributed by atoms with Gasteiger partial charge in [0.2, 0.25) is 0 Å². The van der Waals surface area contributed by atoms with Crippen LogP contribution in [0.15, 0.2) is 28.8 Å². The Morgan fingerprint density at radius 2 is 1.95 bits per heavy atom. The number of methoxy groups -OCH3 is 1. The maximum atomic E-state index is 12.6. The molecule has 0 saturated carbocycles. The molecule has 0 saturated heterocycles. The van der Waals surface area contributed by atoms with Crippen molar-refractivity contribution in [3.63, 3.8) is 0 Å². The number of hydrogen-bond acceptors (Lipinski definition) is 4. The van der Waals surface area contributed by atoms with Crippen LogP contribution in [0, 0.1) is 13.8 Å². The van der Waals surface area contributed by atoms with Gasteiger partial charge in [0.1, 0.15) is 17.1 Å². The summed E-state index contributed by atoms with van der Waals surface area (Å²) >= 11 is 0. The molecule has 0 N–H and O–H groups in total. The van der Waals surface area contributed by atoms with Crippen molar-refractivity contribution in [2.45, 2.75) is 27.3 Å². The number of hydrogen-bond donors (Lipinski definition) is 0. The van der Waals surface area contributed by atoms with Crippen molar-refractivity contribution in [2.24, 2.45) is 0 Å². The van der Waals surface area contributed by atoms with Crippen LogP contribution in [0.4, 0.5) is 0 Å². The van der Waals surface area contributed by atoms with E-state index in [1.807, 2.05) is 31.2 Å². The van der Waals surface area contributed by atoms with Crippen LogP contribution in [0.2, 0.25) is 0 Å². The molecule has 1 aromatic carbocycles. The molecule has 1 heterocycles. The number of aryl methyl sites for hydroxylation is 2. The molecule has 0 atom stereocenters. The van der Waals surface area contributed by atoms with E-state index in [9.17, 15) is 4.79 Å². The lowest BCUT2D eigenvalue weighted by molar-refractivity contribution is 0.0750. The first-order valence-electron chi connectivity index (χ1n) is 6.91. The summed E-state index contributed by atoms with van der Waals surface area (Å²) in [5, 5.41) is 3.84. The highest BCUT2D eigenvalue weighted by Crippen LogP contribution is 2.18. The Labute approximate surface area is 124 Å². The van der Waals surface area contributed by atoms with Gasteiger partial charge >= 0.3 is 0 Å². The first-order valence-corrected chi connectivity index (χ1v) is 6.91. The summed E-state index contributed by atoms with van der Waals surface area (Å²) in [4.78, 5) is 14.4. The highest BCUT2D eigenvalue weighted by atomic mass is 16.5. The molecule has 2 rings (SSSR count). The summed E-state index contributed by atoms with van der Waals surface area (Å²) in [6.07, 6.45) is 0. The van der Waals surface area contributed by atoms with Crippen molar-refractivity contribution < 1.29 is 14.1 Å². The quantitative estimate of drug-likeness (QED) is 0.848. The van der Waals surface area contributed by atoms with Crippen molar-refractivity contribution in [1.82, 2.24) is 10.1 Å². The zero-order chi connectivity index (χ0) is 15.4. The fraction of sp³-hybridized carbons (Fsp3) is 0.375. The summed E-state index contributed by atoms with van der Waals surface area (Å²) in [7, 11) is 1.63. The van der Waals surface area contributed by atoms with E-state index < -0.39 is 0 Å². The summed E-state index contributed by atoms with van der Waals surface area (Å²) in [5.41, 5.74) is 2.24. The molecule has 0 spiro atoms. The minimum absolute atomic E-state index is 0.0513. The maximum Gasteiger partial charge on any atom is 0.259 e. The molecule has 21 heavy (non-hydrogen) atoms. The van der Waals surface area contributed by atoms with Gasteiger partial charge in [-0.2, -0.15) is 0 Å². The zero-order valence-electron chi connectivity index (χ0n) is 12.8. The number of aromatic nitrogens is 1. The van der Waals surface area contributed by atoms with E-state index in [0.29, 0.717) is 30.1 Å². The molecule has 0 radical (unpaired) electrons. The largest absolute Gasteiger partial charge is 0.497 e.